The topological polar surface area (TPSA) is 47.6 Å². The molecule has 0 saturated carbocycles. The summed E-state index contributed by atoms with van der Waals surface area (Å²) in [5.41, 5.74) is 1.84. The summed E-state index contributed by atoms with van der Waals surface area (Å²) in [5.74, 6) is 1.41. The molecule has 0 spiro atoms. The fourth-order valence-electron chi connectivity index (χ4n) is 2.31. The van der Waals surface area contributed by atoms with Crippen LogP contribution in [-0.4, -0.2) is 13.0 Å². The van der Waals surface area contributed by atoms with E-state index in [0.29, 0.717) is 23.1 Å². The summed E-state index contributed by atoms with van der Waals surface area (Å²) in [7, 11) is 1.62. The molecule has 0 aliphatic heterocycles. The molecule has 2 aromatic carbocycles. The zero-order valence-electron chi connectivity index (χ0n) is 14.2. The molecule has 0 aliphatic rings. The standard InChI is InChI=1S/C20H18ClNO3S/c1-24-16-6-8-17(9-7-16)25-12-14-10-19(26-13-14)20(23)22-11-15-4-2-3-5-18(15)21/h2-10,13H,11-12H2,1H3,(H,22,23). The molecule has 1 amide bonds. The molecule has 0 fully saturated rings. The minimum absolute atomic E-state index is 0.120. The van der Waals surface area contributed by atoms with Crippen LogP contribution in [0, 0.1) is 0 Å². The van der Waals surface area contributed by atoms with Crippen molar-refractivity contribution in [2.24, 2.45) is 0 Å². The summed E-state index contributed by atoms with van der Waals surface area (Å²) in [4.78, 5) is 12.9. The summed E-state index contributed by atoms with van der Waals surface area (Å²) in [6.45, 7) is 0.800. The lowest BCUT2D eigenvalue weighted by Gasteiger charge is -2.06. The van der Waals surface area contributed by atoms with Crippen molar-refractivity contribution in [3.8, 4) is 11.5 Å². The van der Waals surface area contributed by atoms with Gasteiger partial charge in [-0.1, -0.05) is 29.8 Å². The molecule has 0 saturated heterocycles. The van der Waals surface area contributed by atoms with E-state index < -0.39 is 0 Å². The van der Waals surface area contributed by atoms with Crippen molar-refractivity contribution in [1.82, 2.24) is 5.32 Å². The number of carbonyl (C=O) groups excluding carboxylic acids is 1. The third-order valence-electron chi connectivity index (χ3n) is 3.74. The van der Waals surface area contributed by atoms with Crippen molar-refractivity contribution >= 4 is 28.8 Å². The van der Waals surface area contributed by atoms with E-state index in [2.05, 4.69) is 5.32 Å². The number of ether oxygens (including phenoxy) is 2. The van der Waals surface area contributed by atoms with Crippen LogP contribution in [0.2, 0.25) is 5.02 Å². The van der Waals surface area contributed by atoms with Crippen LogP contribution in [0.15, 0.2) is 60.0 Å². The molecule has 0 atom stereocenters. The van der Waals surface area contributed by atoms with Gasteiger partial charge in [0.05, 0.1) is 12.0 Å². The molecule has 26 heavy (non-hydrogen) atoms. The summed E-state index contributed by atoms with van der Waals surface area (Å²) >= 11 is 7.50. The summed E-state index contributed by atoms with van der Waals surface area (Å²) in [5, 5.41) is 5.46. The highest BCUT2D eigenvalue weighted by Crippen LogP contribution is 2.21. The Morgan fingerprint density at radius 2 is 1.85 bits per heavy atom. The molecule has 1 heterocycles. The highest BCUT2D eigenvalue weighted by Gasteiger charge is 2.10. The molecule has 0 aliphatic carbocycles. The van der Waals surface area contributed by atoms with Gasteiger partial charge in [0, 0.05) is 17.1 Å². The molecule has 0 unspecified atom stereocenters. The molecule has 4 nitrogen and oxygen atoms in total. The number of rotatable bonds is 7. The number of thiophene rings is 1. The molecule has 3 rings (SSSR count). The van der Waals surface area contributed by atoms with Gasteiger partial charge >= 0.3 is 0 Å². The first-order chi connectivity index (χ1) is 12.7. The predicted octanol–water partition coefficient (Wildman–Crippen LogP) is 4.92. The van der Waals surface area contributed by atoms with Crippen molar-refractivity contribution in [3.05, 3.63) is 81.0 Å². The van der Waals surface area contributed by atoms with Crippen molar-refractivity contribution in [1.29, 1.82) is 0 Å². The molecule has 3 aromatic rings. The van der Waals surface area contributed by atoms with E-state index in [1.807, 2.05) is 60.0 Å². The number of methoxy groups -OCH3 is 1. The Hall–Kier alpha value is -2.50. The van der Waals surface area contributed by atoms with Crippen LogP contribution in [0.4, 0.5) is 0 Å². The fraction of sp³-hybridized carbons (Fsp3) is 0.150. The van der Waals surface area contributed by atoms with Crippen molar-refractivity contribution in [2.45, 2.75) is 13.2 Å². The minimum atomic E-state index is -0.120. The third kappa shape index (κ3) is 4.77. The molecular weight excluding hydrogens is 370 g/mol. The first kappa shape index (κ1) is 18.3. The molecule has 6 heteroatoms. The Morgan fingerprint density at radius 1 is 1.12 bits per heavy atom. The van der Waals surface area contributed by atoms with E-state index in [4.69, 9.17) is 21.1 Å². The van der Waals surface area contributed by atoms with E-state index in [1.165, 1.54) is 11.3 Å². The number of halogens is 1. The monoisotopic (exact) mass is 387 g/mol. The molecule has 134 valence electrons. The molecule has 1 N–H and O–H groups in total. The second-order valence-corrected chi connectivity index (χ2v) is 6.88. The largest absolute Gasteiger partial charge is 0.497 e. The van der Waals surface area contributed by atoms with Crippen molar-refractivity contribution < 1.29 is 14.3 Å². The lowest BCUT2D eigenvalue weighted by Crippen LogP contribution is -2.21. The Balaban J connectivity index is 1.53. The maximum atomic E-state index is 12.3. The Bertz CT molecular complexity index is 877. The van der Waals surface area contributed by atoms with Crippen molar-refractivity contribution in [2.75, 3.05) is 7.11 Å². The van der Waals surface area contributed by atoms with Crippen LogP contribution in [0.25, 0.3) is 0 Å². The Kier molecular flexibility index (Phi) is 6.15. The average molecular weight is 388 g/mol. The number of nitrogens with one attached hydrogen (secondary N) is 1. The van der Waals surface area contributed by atoms with Gasteiger partial charge in [-0.15, -0.1) is 11.3 Å². The molecule has 0 bridgehead atoms. The zero-order valence-corrected chi connectivity index (χ0v) is 15.8. The van der Waals surface area contributed by atoms with Gasteiger partial charge in [0.25, 0.3) is 5.91 Å². The smallest absolute Gasteiger partial charge is 0.261 e. The van der Waals surface area contributed by atoms with Gasteiger partial charge in [-0.3, -0.25) is 4.79 Å². The van der Waals surface area contributed by atoms with Crippen LogP contribution in [0.5, 0.6) is 11.5 Å². The lowest BCUT2D eigenvalue weighted by molar-refractivity contribution is 0.0955. The van der Waals surface area contributed by atoms with Gasteiger partial charge in [-0.05, 0) is 47.3 Å². The van der Waals surface area contributed by atoms with E-state index in [0.717, 1.165) is 22.6 Å². The highest BCUT2D eigenvalue weighted by molar-refractivity contribution is 7.12. The first-order valence-electron chi connectivity index (χ1n) is 8.01. The highest BCUT2D eigenvalue weighted by atomic mass is 35.5. The van der Waals surface area contributed by atoms with Gasteiger partial charge in [0.2, 0.25) is 0 Å². The van der Waals surface area contributed by atoms with Gasteiger partial charge in [-0.25, -0.2) is 0 Å². The summed E-state index contributed by atoms with van der Waals surface area (Å²) in [6.07, 6.45) is 0. The van der Waals surface area contributed by atoms with E-state index >= 15 is 0 Å². The summed E-state index contributed by atoms with van der Waals surface area (Å²) in [6, 6.07) is 16.7. The summed E-state index contributed by atoms with van der Waals surface area (Å²) < 4.78 is 10.8. The van der Waals surface area contributed by atoms with Crippen LogP contribution in [0.3, 0.4) is 0 Å². The number of amides is 1. The number of hydrogen-bond donors (Lipinski definition) is 1. The SMILES string of the molecule is COc1ccc(OCc2csc(C(=O)NCc3ccccc3Cl)c2)cc1. The van der Waals surface area contributed by atoms with E-state index in [1.54, 1.807) is 7.11 Å². The van der Waals surface area contributed by atoms with Crippen LogP contribution in [0.1, 0.15) is 20.8 Å². The quantitative estimate of drug-likeness (QED) is 0.626. The molecule has 1 aromatic heterocycles. The van der Waals surface area contributed by atoms with Crippen LogP contribution in [-0.2, 0) is 13.2 Å². The maximum absolute atomic E-state index is 12.3. The van der Waals surface area contributed by atoms with Gasteiger partial charge < -0.3 is 14.8 Å². The number of hydrogen-bond acceptors (Lipinski definition) is 4. The van der Waals surface area contributed by atoms with Gasteiger partial charge in [0.1, 0.15) is 18.1 Å². The lowest BCUT2D eigenvalue weighted by atomic mass is 10.2. The van der Waals surface area contributed by atoms with Crippen molar-refractivity contribution in [3.63, 3.8) is 0 Å². The van der Waals surface area contributed by atoms with Crippen LogP contribution >= 0.6 is 22.9 Å². The minimum Gasteiger partial charge on any atom is -0.497 e. The Morgan fingerprint density at radius 3 is 2.58 bits per heavy atom. The second kappa shape index (κ2) is 8.74. The maximum Gasteiger partial charge on any atom is 0.261 e. The fourth-order valence-corrected chi connectivity index (χ4v) is 3.33. The molecular formula is C20H18ClNO3S. The Labute approximate surface area is 161 Å². The first-order valence-corrected chi connectivity index (χ1v) is 9.27. The number of benzene rings is 2. The van der Waals surface area contributed by atoms with E-state index in [9.17, 15) is 4.79 Å². The molecule has 0 radical (unpaired) electrons. The van der Waals surface area contributed by atoms with Crippen LogP contribution < -0.4 is 14.8 Å². The third-order valence-corrected chi connectivity index (χ3v) is 5.09. The van der Waals surface area contributed by atoms with Gasteiger partial charge in [0.15, 0.2) is 0 Å². The zero-order chi connectivity index (χ0) is 18.4. The van der Waals surface area contributed by atoms with E-state index in [-0.39, 0.29) is 5.91 Å². The number of carbonyl (C=O) groups is 1. The average Bonchev–Trinajstić information content (AvgIpc) is 3.15. The normalized spacial score (nSPS) is 10.4. The van der Waals surface area contributed by atoms with Gasteiger partial charge in [-0.2, -0.15) is 0 Å². The second-order valence-electron chi connectivity index (χ2n) is 5.56. The predicted molar refractivity (Wildman–Crippen MR) is 104 cm³/mol.